The smallest absolute Gasteiger partial charge is 0.233 e. The summed E-state index contributed by atoms with van der Waals surface area (Å²) >= 11 is 5.81. The molecule has 1 aromatic rings. The first kappa shape index (κ1) is 15.9. The number of hydrogen-bond acceptors (Lipinski definition) is 4. The lowest BCUT2D eigenvalue weighted by molar-refractivity contribution is 0.00228. The Kier molecular flexibility index (Phi) is 5.18. The molecule has 0 amide bonds. The highest BCUT2D eigenvalue weighted by atomic mass is 35.7. The first-order valence-electron chi connectivity index (χ1n) is 6.27. The molecule has 1 aromatic carbocycles. The van der Waals surface area contributed by atoms with Crippen molar-refractivity contribution in [3.05, 3.63) is 29.3 Å². The van der Waals surface area contributed by atoms with Gasteiger partial charge in [0.25, 0.3) is 0 Å². The topological polar surface area (TPSA) is 52.6 Å². The molecule has 1 heterocycles. The van der Waals surface area contributed by atoms with E-state index in [2.05, 4.69) is 0 Å². The standard InChI is InChI=1S/C13H16Cl2O4S/c14-11-1-3-12(4-2-11)19-9-13(10-20(15,16)17)5-7-18-8-6-13/h1-4H,5-10H2. The second kappa shape index (κ2) is 6.52. The van der Waals surface area contributed by atoms with Crippen LogP contribution in [0.2, 0.25) is 5.02 Å². The molecule has 7 heteroatoms. The zero-order valence-electron chi connectivity index (χ0n) is 10.8. The van der Waals surface area contributed by atoms with Gasteiger partial charge >= 0.3 is 0 Å². The van der Waals surface area contributed by atoms with E-state index in [1.165, 1.54) is 0 Å². The molecule has 0 N–H and O–H groups in total. The van der Waals surface area contributed by atoms with Crippen molar-refractivity contribution < 1.29 is 17.9 Å². The molecule has 0 radical (unpaired) electrons. The van der Waals surface area contributed by atoms with Crippen LogP contribution in [-0.2, 0) is 13.8 Å². The highest BCUT2D eigenvalue weighted by Crippen LogP contribution is 2.34. The van der Waals surface area contributed by atoms with Crippen molar-refractivity contribution in [1.82, 2.24) is 0 Å². The Morgan fingerprint density at radius 1 is 1.20 bits per heavy atom. The largest absolute Gasteiger partial charge is 0.493 e. The van der Waals surface area contributed by atoms with E-state index >= 15 is 0 Å². The van der Waals surface area contributed by atoms with Crippen molar-refractivity contribution in [2.75, 3.05) is 25.6 Å². The minimum atomic E-state index is -3.58. The summed E-state index contributed by atoms with van der Waals surface area (Å²) in [6, 6.07) is 6.97. The lowest BCUT2D eigenvalue weighted by atomic mass is 9.83. The summed E-state index contributed by atoms with van der Waals surface area (Å²) in [6.07, 6.45) is 1.24. The van der Waals surface area contributed by atoms with E-state index in [9.17, 15) is 8.42 Å². The Bertz CT molecular complexity index is 536. The maximum absolute atomic E-state index is 11.4. The monoisotopic (exact) mass is 338 g/mol. The summed E-state index contributed by atoms with van der Waals surface area (Å²) in [7, 11) is 1.84. The molecule has 0 saturated carbocycles. The predicted molar refractivity (Wildman–Crippen MR) is 79.1 cm³/mol. The molecule has 0 spiro atoms. The summed E-state index contributed by atoms with van der Waals surface area (Å²) in [6.45, 7) is 1.34. The fraction of sp³-hybridized carbons (Fsp3) is 0.538. The summed E-state index contributed by atoms with van der Waals surface area (Å²) < 4.78 is 33.8. The fourth-order valence-corrected chi connectivity index (χ4v) is 4.19. The first-order valence-corrected chi connectivity index (χ1v) is 9.13. The second-order valence-corrected chi connectivity index (χ2v) is 8.25. The van der Waals surface area contributed by atoms with Gasteiger partial charge in [-0.15, -0.1) is 0 Å². The van der Waals surface area contributed by atoms with Crippen LogP contribution in [0.25, 0.3) is 0 Å². The third-order valence-corrected chi connectivity index (χ3v) is 4.93. The highest BCUT2D eigenvalue weighted by molar-refractivity contribution is 8.13. The maximum atomic E-state index is 11.4. The van der Waals surface area contributed by atoms with Gasteiger partial charge in [-0.1, -0.05) is 11.6 Å². The summed E-state index contributed by atoms with van der Waals surface area (Å²) in [4.78, 5) is 0. The molecule has 0 unspecified atom stereocenters. The lowest BCUT2D eigenvalue weighted by Gasteiger charge is -2.35. The Labute approximate surface area is 128 Å². The SMILES string of the molecule is O=S(=O)(Cl)CC1(COc2ccc(Cl)cc2)CCOCC1. The number of benzene rings is 1. The minimum Gasteiger partial charge on any atom is -0.493 e. The van der Waals surface area contributed by atoms with Crippen molar-refractivity contribution in [1.29, 1.82) is 0 Å². The molecule has 1 aliphatic rings. The maximum Gasteiger partial charge on any atom is 0.233 e. The number of ether oxygens (including phenoxy) is 2. The van der Waals surface area contributed by atoms with Gasteiger partial charge in [-0.3, -0.25) is 0 Å². The molecule has 0 atom stereocenters. The predicted octanol–water partition coefficient (Wildman–Crippen LogP) is 3.08. The van der Waals surface area contributed by atoms with Gasteiger partial charge in [-0.2, -0.15) is 0 Å². The van der Waals surface area contributed by atoms with E-state index in [-0.39, 0.29) is 5.75 Å². The van der Waals surface area contributed by atoms with E-state index in [1.54, 1.807) is 24.3 Å². The summed E-state index contributed by atoms with van der Waals surface area (Å²) in [5, 5.41) is 0.626. The Hall–Kier alpha value is -0.490. The Morgan fingerprint density at radius 2 is 1.80 bits per heavy atom. The van der Waals surface area contributed by atoms with Gasteiger partial charge < -0.3 is 9.47 Å². The van der Waals surface area contributed by atoms with Gasteiger partial charge in [0.15, 0.2) is 0 Å². The van der Waals surface area contributed by atoms with Crippen LogP contribution < -0.4 is 4.74 Å². The molecule has 20 heavy (non-hydrogen) atoms. The Balaban J connectivity index is 2.06. The third kappa shape index (κ3) is 4.81. The van der Waals surface area contributed by atoms with Crippen molar-refractivity contribution in [3.63, 3.8) is 0 Å². The summed E-state index contributed by atoms with van der Waals surface area (Å²) in [5.41, 5.74) is -0.488. The molecule has 1 fully saturated rings. The highest BCUT2D eigenvalue weighted by Gasteiger charge is 2.37. The fourth-order valence-electron chi connectivity index (χ4n) is 2.27. The molecule has 2 rings (SSSR count). The number of rotatable bonds is 5. The summed E-state index contributed by atoms with van der Waals surface area (Å²) in [5.74, 6) is 0.561. The van der Waals surface area contributed by atoms with Gasteiger partial charge in [0.2, 0.25) is 9.05 Å². The first-order chi connectivity index (χ1) is 9.39. The van der Waals surface area contributed by atoms with Crippen LogP contribution in [-0.4, -0.2) is 34.0 Å². The molecule has 112 valence electrons. The van der Waals surface area contributed by atoms with E-state index < -0.39 is 14.5 Å². The Morgan fingerprint density at radius 3 is 2.35 bits per heavy atom. The zero-order chi connectivity index (χ0) is 14.6. The van der Waals surface area contributed by atoms with Gasteiger partial charge in [0, 0.05) is 34.3 Å². The van der Waals surface area contributed by atoms with E-state index in [4.69, 9.17) is 31.8 Å². The molecule has 0 bridgehead atoms. The molecule has 1 aliphatic heterocycles. The van der Waals surface area contributed by atoms with Crippen molar-refractivity contribution >= 4 is 31.3 Å². The molecule has 0 aromatic heterocycles. The minimum absolute atomic E-state index is 0.0987. The number of halogens is 2. The molecule has 1 saturated heterocycles. The van der Waals surface area contributed by atoms with Crippen LogP contribution in [0.15, 0.2) is 24.3 Å². The van der Waals surface area contributed by atoms with Crippen LogP contribution >= 0.6 is 22.3 Å². The van der Waals surface area contributed by atoms with Crippen LogP contribution in [0.4, 0.5) is 0 Å². The van der Waals surface area contributed by atoms with Gasteiger partial charge in [-0.25, -0.2) is 8.42 Å². The van der Waals surface area contributed by atoms with E-state index in [0.29, 0.717) is 43.4 Å². The second-order valence-electron chi connectivity index (χ2n) is 5.04. The normalized spacial score (nSPS) is 18.7. The molecule has 4 nitrogen and oxygen atoms in total. The van der Waals surface area contributed by atoms with Crippen LogP contribution in [0, 0.1) is 5.41 Å². The van der Waals surface area contributed by atoms with Crippen molar-refractivity contribution in [2.24, 2.45) is 5.41 Å². The molecular weight excluding hydrogens is 323 g/mol. The van der Waals surface area contributed by atoms with Gasteiger partial charge in [0.1, 0.15) is 5.75 Å². The quantitative estimate of drug-likeness (QED) is 0.774. The van der Waals surface area contributed by atoms with E-state index in [1.807, 2.05) is 0 Å². The van der Waals surface area contributed by atoms with Crippen LogP contribution in [0.3, 0.4) is 0 Å². The van der Waals surface area contributed by atoms with Gasteiger partial charge in [0.05, 0.1) is 12.4 Å². The molecular formula is C13H16Cl2O4S. The van der Waals surface area contributed by atoms with Crippen LogP contribution in [0.5, 0.6) is 5.75 Å². The average Bonchev–Trinajstić information content (AvgIpc) is 2.37. The van der Waals surface area contributed by atoms with Crippen LogP contribution in [0.1, 0.15) is 12.8 Å². The average molecular weight is 339 g/mol. The van der Waals surface area contributed by atoms with E-state index in [0.717, 1.165) is 0 Å². The number of hydrogen-bond donors (Lipinski definition) is 0. The van der Waals surface area contributed by atoms with Crippen molar-refractivity contribution in [3.8, 4) is 5.75 Å². The lowest BCUT2D eigenvalue weighted by Crippen LogP contribution is -2.40. The van der Waals surface area contributed by atoms with Gasteiger partial charge in [-0.05, 0) is 37.1 Å². The van der Waals surface area contributed by atoms with Crippen molar-refractivity contribution in [2.45, 2.75) is 12.8 Å². The zero-order valence-corrected chi connectivity index (χ0v) is 13.2. The third-order valence-electron chi connectivity index (χ3n) is 3.39. The molecule has 0 aliphatic carbocycles.